The lowest BCUT2D eigenvalue weighted by molar-refractivity contribution is 0.254. The van der Waals surface area contributed by atoms with Crippen LogP contribution in [-0.2, 0) is 6.42 Å². The predicted molar refractivity (Wildman–Crippen MR) is 74.4 cm³/mol. The van der Waals surface area contributed by atoms with Gasteiger partial charge in [0, 0.05) is 12.0 Å². The summed E-state index contributed by atoms with van der Waals surface area (Å²) < 4.78 is 11.3. The topological polar surface area (TPSA) is 48.4 Å². The van der Waals surface area contributed by atoms with Gasteiger partial charge in [-0.1, -0.05) is 12.1 Å². The number of ether oxygens (including phenoxy) is 1. The van der Waals surface area contributed by atoms with Crippen molar-refractivity contribution in [2.24, 2.45) is 5.73 Å². The van der Waals surface area contributed by atoms with E-state index in [1.165, 1.54) is 5.56 Å². The maximum absolute atomic E-state index is 6.36. The second-order valence-corrected chi connectivity index (χ2v) is 5.35. The van der Waals surface area contributed by atoms with Gasteiger partial charge >= 0.3 is 0 Å². The Morgan fingerprint density at radius 3 is 2.74 bits per heavy atom. The van der Waals surface area contributed by atoms with E-state index in [1.54, 1.807) is 0 Å². The van der Waals surface area contributed by atoms with E-state index in [2.05, 4.69) is 13.0 Å². The van der Waals surface area contributed by atoms with Gasteiger partial charge < -0.3 is 14.9 Å². The van der Waals surface area contributed by atoms with Gasteiger partial charge in [-0.25, -0.2) is 0 Å². The fourth-order valence-corrected chi connectivity index (χ4v) is 2.77. The lowest BCUT2D eigenvalue weighted by Crippen LogP contribution is -2.12. The van der Waals surface area contributed by atoms with Crippen molar-refractivity contribution >= 4 is 0 Å². The number of aryl methyl sites for hydroxylation is 2. The normalized spacial score (nSPS) is 19.1. The molecule has 0 saturated heterocycles. The number of furan rings is 1. The summed E-state index contributed by atoms with van der Waals surface area (Å²) in [5, 5.41) is 0. The molecule has 0 spiro atoms. The SMILES string of the molecule is Cc1cc(C(N)c2ccc3c(c2)CC(C)O3)c(C)o1. The maximum Gasteiger partial charge on any atom is 0.123 e. The van der Waals surface area contributed by atoms with Gasteiger partial charge in [0.25, 0.3) is 0 Å². The molecule has 0 aliphatic carbocycles. The van der Waals surface area contributed by atoms with Crippen LogP contribution in [0.25, 0.3) is 0 Å². The van der Waals surface area contributed by atoms with Crippen molar-refractivity contribution in [1.29, 1.82) is 0 Å². The number of nitrogens with two attached hydrogens (primary N) is 1. The zero-order chi connectivity index (χ0) is 13.6. The Morgan fingerprint density at radius 1 is 1.26 bits per heavy atom. The largest absolute Gasteiger partial charge is 0.490 e. The molecule has 2 N–H and O–H groups in total. The van der Waals surface area contributed by atoms with E-state index in [0.717, 1.165) is 34.8 Å². The number of fused-ring (bicyclic) bond motifs is 1. The molecule has 2 aromatic rings. The molecule has 1 aromatic carbocycles. The van der Waals surface area contributed by atoms with Crippen LogP contribution in [0.1, 0.15) is 41.2 Å². The molecule has 0 radical (unpaired) electrons. The molecule has 0 amide bonds. The van der Waals surface area contributed by atoms with Crippen LogP contribution >= 0.6 is 0 Å². The van der Waals surface area contributed by atoms with Crippen LogP contribution in [0.15, 0.2) is 28.7 Å². The molecule has 100 valence electrons. The van der Waals surface area contributed by atoms with E-state index < -0.39 is 0 Å². The monoisotopic (exact) mass is 257 g/mol. The molecule has 0 fully saturated rings. The number of hydrogen-bond acceptors (Lipinski definition) is 3. The first-order valence-corrected chi connectivity index (χ1v) is 6.66. The van der Waals surface area contributed by atoms with Crippen molar-refractivity contribution in [2.75, 3.05) is 0 Å². The van der Waals surface area contributed by atoms with Crippen LogP contribution in [0.3, 0.4) is 0 Å². The van der Waals surface area contributed by atoms with E-state index in [-0.39, 0.29) is 12.1 Å². The van der Waals surface area contributed by atoms with Crippen LogP contribution in [0.4, 0.5) is 0 Å². The third kappa shape index (κ3) is 2.15. The molecule has 1 aliphatic heterocycles. The summed E-state index contributed by atoms with van der Waals surface area (Å²) in [7, 11) is 0. The second-order valence-electron chi connectivity index (χ2n) is 5.35. The number of hydrogen-bond donors (Lipinski definition) is 1. The molecule has 1 aromatic heterocycles. The van der Waals surface area contributed by atoms with Crippen molar-refractivity contribution in [1.82, 2.24) is 0 Å². The minimum absolute atomic E-state index is 0.140. The average Bonchev–Trinajstić information content (AvgIpc) is 2.88. The van der Waals surface area contributed by atoms with Crippen molar-refractivity contribution < 1.29 is 9.15 Å². The fourth-order valence-electron chi connectivity index (χ4n) is 2.77. The van der Waals surface area contributed by atoms with E-state index in [9.17, 15) is 0 Å². The summed E-state index contributed by atoms with van der Waals surface area (Å²) in [6.45, 7) is 5.99. The Labute approximate surface area is 113 Å². The van der Waals surface area contributed by atoms with Crippen LogP contribution < -0.4 is 10.5 Å². The Bertz CT molecular complexity index is 615. The third-order valence-corrected chi connectivity index (χ3v) is 3.69. The quantitative estimate of drug-likeness (QED) is 0.898. The Morgan fingerprint density at radius 2 is 2.05 bits per heavy atom. The summed E-state index contributed by atoms with van der Waals surface area (Å²) in [5.74, 6) is 2.79. The van der Waals surface area contributed by atoms with E-state index in [4.69, 9.17) is 14.9 Å². The van der Waals surface area contributed by atoms with Crippen LogP contribution in [0, 0.1) is 13.8 Å². The van der Waals surface area contributed by atoms with Crippen molar-refractivity contribution in [2.45, 2.75) is 39.3 Å². The molecular formula is C16H19NO2. The van der Waals surface area contributed by atoms with E-state index in [0.29, 0.717) is 0 Å². The lowest BCUT2D eigenvalue weighted by Gasteiger charge is -2.12. The van der Waals surface area contributed by atoms with Crippen LogP contribution in [0.2, 0.25) is 0 Å². The third-order valence-electron chi connectivity index (χ3n) is 3.69. The first-order valence-electron chi connectivity index (χ1n) is 6.66. The fraction of sp³-hybridized carbons (Fsp3) is 0.375. The first-order chi connectivity index (χ1) is 9.04. The minimum Gasteiger partial charge on any atom is -0.490 e. The van der Waals surface area contributed by atoms with Gasteiger partial charge in [-0.3, -0.25) is 0 Å². The molecule has 19 heavy (non-hydrogen) atoms. The minimum atomic E-state index is -0.140. The van der Waals surface area contributed by atoms with Crippen molar-refractivity contribution in [3.8, 4) is 5.75 Å². The molecule has 2 unspecified atom stereocenters. The van der Waals surface area contributed by atoms with Crippen molar-refractivity contribution in [3.63, 3.8) is 0 Å². The standard InChI is InChI=1S/C16H19NO2/c1-9-6-13-8-12(4-5-15(13)19-9)16(17)14-7-10(2)18-11(14)3/h4-5,7-9,16H,6,17H2,1-3H3. The lowest BCUT2D eigenvalue weighted by atomic mass is 9.97. The second kappa shape index (κ2) is 4.42. The van der Waals surface area contributed by atoms with Crippen LogP contribution in [0.5, 0.6) is 5.75 Å². The first kappa shape index (κ1) is 12.3. The van der Waals surface area contributed by atoms with E-state index >= 15 is 0 Å². The Kier molecular flexibility index (Phi) is 2.86. The molecule has 0 bridgehead atoms. The average molecular weight is 257 g/mol. The maximum atomic E-state index is 6.36. The number of rotatable bonds is 2. The Balaban J connectivity index is 1.95. The van der Waals surface area contributed by atoms with E-state index in [1.807, 2.05) is 32.0 Å². The smallest absolute Gasteiger partial charge is 0.123 e. The molecule has 0 saturated carbocycles. The summed E-state index contributed by atoms with van der Waals surface area (Å²) in [4.78, 5) is 0. The molecule has 3 nitrogen and oxygen atoms in total. The van der Waals surface area contributed by atoms with Gasteiger partial charge in [-0.05, 0) is 44.0 Å². The molecule has 1 aliphatic rings. The van der Waals surface area contributed by atoms with Gasteiger partial charge in [0.05, 0.1) is 6.04 Å². The highest BCUT2D eigenvalue weighted by atomic mass is 16.5. The highest BCUT2D eigenvalue weighted by molar-refractivity contribution is 5.44. The molecular weight excluding hydrogens is 238 g/mol. The molecule has 2 heterocycles. The zero-order valence-electron chi connectivity index (χ0n) is 11.6. The summed E-state index contributed by atoms with van der Waals surface area (Å²) in [6, 6.07) is 8.11. The van der Waals surface area contributed by atoms with Gasteiger partial charge in [-0.15, -0.1) is 0 Å². The molecule has 3 rings (SSSR count). The van der Waals surface area contributed by atoms with Gasteiger partial charge in [0.2, 0.25) is 0 Å². The van der Waals surface area contributed by atoms with Gasteiger partial charge in [0.15, 0.2) is 0 Å². The molecule has 3 heteroatoms. The zero-order valence-corrected chi connectivity index (χ0v) is 11.6. The van der Waals surface area contributed by atoms with Gasteiger partial charge in [0.1, 0.15) is 23.4 Å². The highest BCUT2D eigenvalue weighted by Crippen LogP contribution is 2.33. The predicted octanol–water partition coefficient (Wildman–Crippen LogP) is 3.27. The summed E-state index contributed by atoms with van der Waals surface area (Å²) in [5.41, 5.74) is 9.78. The summed E-state index contributed by atoms with van der Waals surface area (Å²) >= 11 is 0. The highest BCUT2D eigenvalue weighted by Gasteiger charge is 2.21. The summed E-state index contributed by atoms with van der Waals surface area (Å²) in [6.07, 6.45) is 1.22. The Hall–Kier alpha value is -1.74. The van der Waals surface area contributed by atoms with Crippen molar-refractivity contribution in [3.05, 3.63) is 52.5 Å². The number of benzene rings is 1. The van der Waals surface area contributed by atoms with Crippen LogP contribution in [-0.4, -0.2) is 6.10 Å². The van der Waals surface area contributed by atoms with Gasteiger partial charge in [-0.2, -0.15) is 0 Å². The molecule has 2 atom stereocenters.